The fourth-order valence-electron chi connectivity index (χ4n) is 5.88. The first-order chi connectivity index (χ1) is 15.7. The number of likely N-dealkylation sites (tertiary alicyclic amines) is 1. The number of anilines is 1. The fraction of sp³-hybridized carbons (Fsp3) is 0.458. The summed E-state index contributed by atoms with van der Waals surface area (Å²) in [6.45, 7) is 2.54. The summed E-state index contributed by atoms with van der Waals surface area (Å²) in [5, 5.41) is 10.2. The molecule has 1 unspecified atom stereocenters. The van der Waals surface area contributed by atoms with Gasteiger partial charge in [0.15, 0.2) is 0 Å². The number of likely N-dealkylation sites (N-methyl/N-ethyl adjacent to an activating group) is 1. The van der Waals surface area contributed by atoms with Crippen LogP contribution in [-0.4, -0.2) is 81.5 Å². The highest BCUT2D eigenvalue weighted by atomic mass is 35.5. The monoisotopic (exact) mass is 487 g/mol. The van der Waals surface area contributed by atoms with Crippen LogP contribution in [0.4, 0.5) is 5.69 Å². The van der Waals surface area contributed by atoms with Gasteiger partial charge in [0.2, 0.25) is 11.8 Å². The van der Waals surface area contributed by atoms with E-state index in [0.717, 1.165) is 0 Å². The summed E-state index contributed by atoms with van der Waals surface area (Å²) in [7, 11) is 1.74. The van der Waals surface area contributed by atoms with Gasteiger partial charge >= 0.3 is 0 Å². The molecule has 0 aliphatic carbocycles. The molecule has 0 radical (unpaired) electrons. The van der Waals surface area contributed by atoms with E-state index < -0.39 is 27.4 Å². The van der Waals surface area contributed by atoms with Crippen LogP contribution in [0.5, 0.6) is 0 Å². The average molecular weight is 488 g/mol. The molecule has 1 aromatic carbocycles. The van der Waals surface area contributed by atoms with Crippen molar-refractivity contribution < 1.29 is 19.5 Å². The van der Waals surface area contributed by atoms with Crippen LogP contribution in [0, 0.1) is 11.8 Å². The van der Waals surface area contributed by atoms with Gasteiger partial charge in [-0.2, -0.15) is 0 Å². The molecule has 174 valence electrons. The van der Waals surface area contributed by atoms with Gasteiger partial charge in [-0.25, -0.2) is 0 Å². The Morgan fingerprint density at radius 2 is 1.79 bits per heavy atom. The third kappa shape index (κ3) is 3.11. The first-order valence-electron chi connectivity index (χ1n) is 11.0. The van der Waals surface area contributed by atoms with Crippen molar-refractivity contribution in [1.29, 1.82) is 0 Å². The number of amides is 3. The molecule has 5 atom stereocenters. The van der Waals surface area contributed by atoms with Gasteiger partial charge < -0.3 is 19.8 Å². The lowest BCUT2D eigenvalue weighted by Crippen LogP contribution is -2.54. The molecule has 0 bridgehead atoms. The van der Waals surface area contributed by atoms with Crippen molar-refractivity contribution in [1.82, 2.24) is 9.80 Å². The SMILES string of the molecule is CN1CC=C[C@@]2(C)S[C@]34C=CCN(c5ccccc5Cl)C(=O)C3N(CCO)C(=O)[C@@H]4[C@H]2C1=O. The third-order valence-corrected chi connectivity index (χ3v) is 9.36. The van der Waals surface area contributed by atoms with E-state index >= 15 is 0 Å². The van der Waals surface area contributed by atoms with Gasteiger partial charge in [-0.05, 0) is 19.1 Å². The van der Waals surface area contributed by atoms with Gasteiger partial charge in [0.05, 0.1) is 33.9 Å². The lowest BCUT2D eigenvalue weighted by molar-refractivity contribution is -0.143. The van der Waals surface area contributed by atoms with Crippen molar-refractivity contribution in [3.8, 4) is 0 Å². The van der Waals surface area contributed by atoms with Crippen LogP contribution in [0.25, 0.3) is 0 Å². The Hall–Kier alpha value is -2.29. The van der Waals surface area contributed by atoms with Crippen molar-refractivity contribution in [3.63, 3.8) is 0 Å². The van der Waals surface area contributed by atoms with Gasteiger partial charge in [-0.1, -0.05) is 48.0 Å². The zero-order valence-electron chi connectivity index (χ0n) is 18.5. The Bertz CT molecular complexity index is 1090. The quantitative estimate of drug-likeness (QED) is 0.659. The summed E-state index contributed by atoms with van der Waals surface area (Å²) in [5.74, 6) is -1.91. The van der Waals surface area contributed by atoms with E-state index in [4.69, 9.17) is 11.6 Å². The van der Waals surface area contributed by atoms with Gasteiger partial charge in [0, 0.05) is 31.4 Å². The number of fused-ring (bicyclic) bond motifs is 2. The Labute approximate surface area is 202 Å². The van der Waals surface area contributed by atoms with Gasteiger partial charge in [0.1, 0.15) is 6.04 Å². The van der Waals surface area contributed by atoms with Crippen molar-refractivity contribution in [2.24, 2.45) is 11.8 Å². The summed E-state index contributed by atoms with van der Waals surface area (Å²) in [4.78, 5) is 46.1. The van der Waals surface area contributed by atoms with E-state index in [-0.39, 0.29) is 30.9 Å². The summed E-state index contributed by atoms with van der Waals surface area (Å²) < 4.78 is -1.55. The molecule has 4 heterocycles. The average Bonchev–Trinajstić information content (AvgIpc) is 3.04. The van der Waals surface area contributed by atoms with Gasteiger partial charge in [0.25, 0.3) is 5.91 Å². The van der Waals surface area contributed by atoms with Crippen LogP contribution in [0.1, 0.15) is 6.92 Å². The topological polar surface area (TPSA) is 81.2 Å². The minimum atomic E-state index is -0.920. The molecular weight excluding hydrogens is 462 g/mol. The molecule has 1 N–H and O–H groups in total. The Kier molecular flexibility index (Phi) is 5.38. The van der Waals surface area contributed by atoms with E-state index in [9.17, 15) is 19.5 Å². The summed E-state index contributed by atoms with van der Waals surface area (Å²) in [6.07, 6.45) is 7.85. The molecule has 5 rings (SSSR count). The number of hydrogen-bond donors (Lipinski definition) is 1. The highest BCUT2D eigenvalue weighted by Gasteiger charge is 2.73. The second-order valence-corrected chi connectivity index (χ2v) is 11.4. The van der Waals surface area contributed by atoms with Crippen LogP contribution >= 0.6 is 23.4 Å². The number of carbonyl (C=O) groups is 3. The summed E-state index contributed by atoms with van der Waals surface area (Å²) >= 11 is 7.95. The van der Waals surface area contributed by atoms with Crippen molar-refractivity contribution >= 4 is 46.8 Å². The number of thioether (sulfide) groups is 1. The van der Waals surface area contributed by atoms with E-state index in [1.165, 1.54) is 16.7 Å². The molecule has 1 aromatic rings. The molecule has 2 saturated heterocycles. The number of halogens is 1. The molecular formula is C24H26ClN3O4S. The Morgan fingerprint density at radius 3 is 2.52 bits per heavy atom. The lowest BCUT2D eigenvalue weighted by Gasteiger charge is -2.36. The number of aliphatic hydroxyl groups excluding tert-OH is 1. The largest absolute Gasteiger partial charge is 0.395 e. The van der Waals surface area contributed by atoms with E-state index in [0.29, 0.717) is 23.8 Å². The predicted octanol–water partition coefficient (Wildman–Crippen LogP) is 1.95. The summed E-state index contributed by atoms with van der Waals surface area (Å²) in [6, 6.07) is 6.28. The number of aliphatic hydroxyl groups is 1. The summed E-state index contributed by atoms with van der Waals surface area (Å²) in [5.41, 5.74) is 0.574. The molecule has 33 heavy (non-hydrogen) atoms. The van der Waals surface area contributed by atoms with Crippen LogP contribution < -0.4 is 4.90 Å². The van der Waals surface area contributed by atoms with Crippen LogP contribution in [-0.2, 0) is 14.4 Å². The number of carbonyl (C=O) groups excluding carboxylic acids is 3. The smallest absolute Gasteiger partial charge is 0.251 e. The second-order valence-electron chi connectivity index (χ2n) is 9.18. The zero-order valence-corrected chi connectivity index (χ0v) is 20.1. The first-order valence-corrected chi connectivity index (χ1v) is 12.2. The maximum absolute atomic E-state index is 14.1. The lowest BCUT2D eigenvalue weighted by atomic mass is 9.74. The third-order valence-electron chi connectivity index (χ3n) is 7.24. The fourth-order valence-corrected chi connectivity index (χ4v) is 8.27. The number of para-hydroxylation sites is 1. The van der Waals surface area contributed by atoms with E-state index in [2.05, 4.69) is 0 Å². The Balaban J connectivity index is 1.67. The van der Waals surface area contributed by atoms with Crippen LogP contribution in [0.3, 0.4) is 0 Å². The van der Waals surface area contributed by atoms with Gasteiger partial charge in [-0.3, -0.25) is 14.4 Å². The number of benzene rings is 1. The zero-order chi connectivity index (χ0) is 23.5. The predicted molar refractivity (Wildman–Crippen MR) is 128 cm³/mol. The highest BCUT2D eigenvalue weighted by Crippen LogP contribution is 2.65. The maximum atomic E-state index is 14.1. The van der Waals surface area contributed by atoms with E-state index in [1.807, 2.05) is 37.3 Å². The number of β-amino-alcohol motifs (C(OH)–C–C–N with tert-alkyl or cyclic N) is 1. The molecule has 3 amide bonds. The minimum Gasteiger partial charge on any atom is -0.395 e. The van der Waals surface area contributed by atoms with Crippen LogP contribution in [0.2, 0.25) is 5.02 Å². The Morgan fingerprint density at radius 1 is 1.06 bits per heavy atom. The standard InChI is InChI=1S/C24H26ClN3O4S/c1-23-9-5-11-26(2)20(30)17(23)18-21(31)28(13-14-29)19-22(32)27(12-6-10-24(18,19)33-23)16-8-4-3-7-15(16)25/h3-10,17-19,29H,11-14H2,1-2H3/t17-,18-,19?,23+,24-/m0/s1. The normalized spacial score (nSPS) is 35.5. The van der Waals surface area contributed by atoms with Gasteiger partial charge in [-0.15, -0.1) is 11.8 Å². The molecule has 7 nitrogen and oxygen atoms in total. The maximum Gasteiger partial charge on any atom is 0.251 e. The van der Waals surface area contributed by atoms with Crippen LogP contribution in [0.15, 0.2) is 48.6 Å². The number of rotatable bonds is 3. The van der Waals surface area contributed by atoms with Crippen molar-refractivity contribution in [2.75, 3.05) is 38.2 Å². The molecule has 0 saturated carbocycles. The second kappa shape index (κ2) is 7.89. The van der Waals surface area contributed by atoms with E-state index in [1.54, 1.807) is 35.0 Å². The molecule has 9 heteroatoms. The van der Waals surface area contributed by atoms with Crippen molar-refractivity contribution in [3.05, 3.63) is 53.6 Å². The minimum absolute atomic E-state index is 0.0293. The first kappa shape index (κ1) is 22.5. The molecule has 0 aromatic heterocycles. The molecule has 1 spiro atoms. The number of hydrogen-bond acceptors (Lipinski definition) is 5. The molecule has 4 aliphatic heterocycles. The molecule has 2 fully saturated rings. The molecule has 4 aliphatic rings. The van der Waals surface area contributed by atoms with Crippen molar-refractivity contribution in [2.45, 2.75) is 22.5 Å². The number of nitrogens with zero attached hydrogens (tertiary/aromatic N) is 3. The highest BCUT2D eigenvalue weighted by molar-refractivity contribution is 8.02.